The van der Waals surface area contributed by atoms with E-state index in [0.29, 0.717) is 39.1 Å². The highest BCUT2D eigenvalue weighted by atomic mass is 16.5. The van der Waals surface area contributed by atoms with E-state index in [9.17, 15) is 14.4 Å². The second-order valence-corrected chi connectivity index (χ2v) is 2.97. The molecule has 0 saturated heterocycles. The fourth-order valence-electron chi connectivity index (χ4n) is 0.817. The minimum Gasteiger partial charge on any atom is -0.466 e. The van der Waals surface area contributed by atoms with Crippen LogP contribution < -0.4 is 11.1 Å². The summed E-state index contributed by atoms with van der Waals surface area (Å²) in [4.78, 5) is 30.6. The third-order valence-electron chi connectivity index (χ3n) is 1.52. The summed E-state index contributed by atoms with van der Waals surface area (Å²) in [5.74, 6) is -0.494. The second-order valence-electron chi connectivity index (χ2n) is 2.97. The number of rotatable bonds is 8. The Hall–Kier alpha value is -1.63. The van der Waals surface area contributed by atoms with Crippen LogP contribution in [0.25, 0.3) is 0 Å². The molecule has 0 aliphatic carbocycles. The molecule has 0 aliphatic rings. The largest absolute Gasteiger partial charge is 0.466 e. The van der Waals surface area contributed by atoms with Crippen molar-refractivity contribution in [3.8, 4) is 0 Å². The molecule has 0 fully saturated rings. The van der Waals surface area contributed by atoms with E-state index in [0.717, 1.165) is 0 Å². The predicted molar refractivity (Wildman–Crippen MR) is 65.6 cm³/mol. The molecule has 18 heavy (non-hydrogen) atoms. The highest BCUT2D eigenvalue weighted by Gasteiger charge is 1.98. The van der Waals surface area contributed by atoms with E-state index in [4.69, 9.17) is 5.73 Å². The first-order chi connectivity index (χ1) is 8.62. The maximum Gasteiger partial charge on any atom is 0.307 e. The molecular formula is C11H22N2O5. The smallest absolute Gasteiger partial charge is 0.307 e. The molecule has 0 atom stereocenters. The van der Waals surface area contributed by atoms with Crippen molar-refractivity contribution in [2.24, 2.45) is 5.73 Å². The number of hydrogen-bond acceptors (Lipinski definition) is 6. The normalized spacial score (nSPS) is 8.61. The summed E-state index contributed by atoms with van der Waals surface area (Å²) < 4.78 is 9.16. The van der Waals surface area contributed by atoms with Gasteiger partial charge in [-0.05, 0) is 13.8 Å². The highest BCUT2D eigenvalue weighted by Crippen LogP contribution is 1.82. The van der Waals surface area contributed by atoms with Gasteiger partial charge in [-0.25, -0.2) is 0 Å². The van der Waals surface area contributed by atoms with Gasteiger partial charge in [0.1, 0.15) is 0 Å². The molecule has 0 rings (SSSR count). The molecule has 0 bridgehead atoms. The SMILES string of the molecule is CCOC(=O)CCN.CCOC(=O)CCNC=O. The minimum absolute atomic E-state index is 0.213. The van der Waals surface area contributed by atoms with Crippen LogP contribution in [0.4, 0.5) is 0 Å². The topological polar surface area (TPSA) is 108 Å². The molecule has 106 valence electrons. The highest BCUT2D eigenvalue weighted by molar-refractivity contribution is 5.70. The summed E-state index contributed by atoms with van der Waals surface area (Å²) in [5, 5.41) is 2.36. The first-order valence-electron chi connectivity index (χ1n) is 5.80. The van der Waals surface area contributed by atoms with Crippen LogP contribution in [0.5, 0.6) is 0 Å². The molecule has 0 aliphatic heterocycles. The van der Waals surface area contributed by atoms with Crippen molar-refractivity contribution in [1.29, 1.82) is 0 Å². The van der Waals surface area contributed by atoms with Gasteiger partial charge in [0, 0.05) is 13.1 Å². The van der Waals surface area contributed by atoms with Gasteiger partial charge < -0.3 is 20.5 Å². The van der Waals surface area contributed by atoms with E-state index in [1.165, 1.54) is 0 Å². The van der Waals surface area contributed by atoms with Gasteiger partial charge in [-0.1, -0.05) is 0 Å². The zero-order chi connectivity index (χ0) is 14.2. The van der Waals surface area contributed by atoms with E-state index < -0.39 is 0 Å². The lowest BCUT2D eigenvalue weighted by Crippen LogP contribution is -2.17. The molecule has 0 unspecified atom stereocenters. The first-order valence-corrected chi connectivity index (χ1v) is 5.80. The first kappa shape index (κ1) is 18.7. The quantitative estimate of drug-likeness (QED) is 0.349. The van der Waals surface area contributed by atoms with Crippen LogP contribution >= 0.6 is 0 Å². The van der Waals surface area contributed by atoms with Crippen molar-refractivity contribution in [2.45, 2.75) is 26.7 Å². The van der Waals surface area contributed by atoms with Crippen LogP contribution in [0, 0.1) is 0 Å². The van der Waals surface area contributed by atoms with Crippen molar-refractivity contribution in [3.05, 3.63) is 0 Å². The Morgan fingerprint density at radius 3 is 2.00 bits per heavy atom. The molecule has 0 radical (unpaired) electrons. The summed E-state index contributed by atoms with van der Waals surface area (Å²) in [6, 6.07) is 0. The predicted octanol–water partition coefficient (Wildman–Crippen LogP) is -0.416. The fraction of sp³-hybridized carbons (Fsp3) is 0.727. The van der Waals surface area contributed by atoms with Gasteiger partial charge in [-0.15, -0.1) is 0 Å². The van der Waals surface area contributed by atoms with Crippen molar-refractivity contribution in [2.75, 3.05) is 26.3 Å². The Balaban J connectivity index is 0. The number of nitrogens with two attached hydrogens (primary N) is 1. The number of carbonyl (C=O) groups is 3. The van der Waals surface area contributed by atoms with Crippen LogP contribution in [0.3, 0.4) is 0 Å². The Morgan fingerprint density at radius 1 is 1.11 bits per heavy atom. The number of esters is 2. The van der Waals surface area contributed by atoms with Crippen molar-refractivity contribution >= 4 is 18.3 Å². The summed E-state index contributed by atoms with van der Waals surface area (Å²) in [6.07, 6.45) is 1.12. The Labute approximate surface area is 107 Å². The van der Waals surface area contributed by atoms with Crippen LogP contribution in [0.1, 0.15) is 26.7 Å². The Morgan fingerprint density at radius 2 is 1.61 bits per heavy atom. The number of ether oxygens (including phenoxy) is 2. The summed E-state index contributed by atoms with van der Waals surface area (Å²) in [5.41, 5.74) is 5.06. The molecule has 0 heterocycles. The van der Waals surface area contributed by atoms with Crippen LogP contribution in [-0.4, -0.2) is 44.7 Å². The van der Waals surface area contributed by atoms with Gasteiger partial charge in [-0.3, -0.25) is 14.4 Å². The third-order valence-corrected chi connectivity index (χ3v) is 1.52. The van der Waals surface area contributed by atoms with Gasteiger partial charge in [0.15, 0.2) is 0 Å². The van der Waals surface area contributed by atoms with Crippen LogP contribution in [0.15, 0.2) is 0 Å². The fourth-order valence-corrected chi connectivity index (χ4v) is 0.817. The van der Waals surface area contributed by atoms with E-state index in [1.54, 1.807) is 13.8 Å². The van der Waals surface area contributed by atoms with E-state index in [1.807, 2.05) is 0 Å². The van der Waals surface area contributed by atoms with Gasteiger partial charge in [-0.2, -0.15) is 0 Å². The van der Waals surface area contributed by atoms with Gasteiger partial charge in [0.2, 0.25) is 6.41 Å². The number of amides is 1. The van der Waals surface area contributed by atoms with Gasteiger partial charge >= 0.3 is 11.9 Å². The minimum atomic E-state index is -0.281. The maximum absolute atomic E-state index is 10.5. The van der Waals surface area contributed by atoms with Crippen LogP contribution in [0.2, 0.25) is 0 Å². The average Bonchev–Trinajstić information content (AvgIpc) is 2.31. The monoisotopic (exact) mass is 262 g/mol. The zero-order valence-electron chi connectivity index (χ0n) is 10.9. The van der Waals surface area contributed by atoms with Crippen molar-refractivity contribution in [1.82, 2.24) is 5.32 Å². The molecule has 0 aromatic carbocycles. The Kier molecular flexibility index (Phi) is 16.0. The molecule has 0 aromatic rings. The lowest BCUT2D eigenvalue weighted by Gasteiger charge is -1.99. The van der Waals surface area contributed by atoms with Crippen molar-refractivity contribution in [3.63, 3.8) is 0 Å². The number of hydrogen-bond donors (Lipinski definition) is 2. The average molecular weight is 262 g/mol. The van der Waals surface area contributed by atoms with Crippen molar-refractivity contribution < 1.29 is 23.9 Å². The number of nitrogens with one attached hydrogen (secondary N) is 1. The lowest BCUT2D eigenvalue weighted by atomic mass is 10.4. The molecular weight excluding hydrogens is 240 g/mol. The molecule has 1 amide bonds. The molecule has 0 saturated carbocycles. The molecule has 0 aromatic heterocycles. The molecule has 7 nitrogen and oxygen atoms in total. The summed E-state index contributed by atoms with van der Waals surface area (Å²) >= 11 is 0. The summed E-state index contributed by atoms with van der Waals surface area (Å²) in [6.45, 7) is 5.07. The van der Waals surface area contributed by atoms with E-state index in [-0.39, 0.29) is 18.4 Å². The van der Waals surface area contributed by atoms with Gasteiger partial charge in [0.05, 0.1) is 26.1 Å². The maximum atomic E-state index is 10.5. The second kappa shape index (κ2) is 15.4. The summed E-state index contributed by atoms with van der Waals surface area (Å²) in [7, 11) is 0. The number of carbonyl (C=O) groups excluding carboxylic acids is 3. The molecule has 0 spiro atoms. The molecule has 3 N–H and O–H groups in total. The zero-order valence-corrected chi connectivity index (χ0v) is 10.9. The Bertz CT molecular complexity index is 225. The van der Waals surface area contributed by atoms with E-state index >= 15 is 0 Å². The molecule has 7 heteroatoms. The third kappa shape index (κ3) is 16.8. The lowest BCUT2D eigenvalue weighted by molar-refractivity contribution is -0.143. The van der Waals surface area contributed by atoms with Crippen LogP contribution in [-0.2, 0) is 23.9 Å². The van der Waals surface area contributed by atoms with E-state index in [2.05, 4.69) is 14.8 Å². The standard InChI is InChI=1S/C6H11NO3.C5H11NO2/c1-2-10-6(9)3-4-7-5-8;1-2-8-5(7)3-4-6/h5H,2-4H2,1H3,(H,7,8);2-4,6H2,1H3. The van der Waals surface area contributed by atoms with Gasteiger partial charge in [0.25, 0.3) is 0 Å².